The smallest absolute Gasteiger partial charge is 0.339 e. The van der Waals surface area contributed by atoms with Crippen molar-refractivity contribution >= 4 is 5.97 Å². The van der Waals surface area contributed by atoms with E-state index in [9.17, 15) is 4.79 Å². The third-order valence-electron chi connectivity index (χ3n) is 3.39. The van der Waals surface area contributed by atoms with E-state index in [-0.39, 0.29) is 5.56 Å². The van der Waals surface area contributed by atoms with Crippen LogP contribution in [-0.4, -0.2) is 36.0 Å². The summed E-state index contributed by atoms with van der Waals surface area (Å²) in [5.41, 5.74) is 1.37. The van der Waals surface area contributed by atoms with Gasteiger partial charge in [-0.05, 0) is 25.5 Å². The minimum Gasteiger partial charge on any atom is -0.478 e. The van der Waals surface area contributed by atoms with Gasteiger partial charge in [0.25, 0.3) is 5.89 Å². The molecule has 23 heavy (non-hydrogen) atoms. The molecule has 0 spiro atoms. The van der Waals surface area contributed by atoms with Gasteiger partial charge in [-0.2, -0.15) is 10.1 Å². The molecule has 3 aromatic rings. The lowest BCUT2D eigenvalue weighted by Crippen LogP contribution is -2.04. The van der Waals surface area contributed by atoms with Gasteiger partial charge in [-0.25, -0.2) is 14.5 Å². The van der Waals surface area contributed by atoms with Crippen LogP contribution in [0.2, 0.25) is 0 Å². The van der Waals surface area contributed by atoms with Crippen LogP contribution in [0.3, 0.4) is 0 Å². The van der Waals surface area contributed by atoms with E-state index < -0.39 is 5.97 Å². The molecule has 0 aliphatic carbocycles. The number of carboxylic acid groups (broad SMARTS) is 1. The van der Waals surface area contributed by atoms with Gasteiger partial charge in [-0.3, -0.25) is 0 Å². The van der Waals surface area contributed by atoms with E-state index in [1.165, 1.54) is 10.9 Å². The summed E-state index contributed by atoms with van der Waals surface area (Å²) in [6.07, 6.45) is 4.61. The molecule has 8 heteroatoms. The maximum atomic E-state index is 11.1. The first-order valence-corrected chi connectivity index (χ1v) is 7.17. The van der Waals surface area contributed by atoms with Crippen LogP contribution in [0.15, 0.2) is 29.0 Å². The monoisotopic (exact) mass is 313 g/mol. The van der Waals surface area contributed by atoms with Crippen LogP contribution in [0.25, 0.3) is 17.3 Å². The largest absolute Gasteiger partial charge is 0.478 e. The average Bonchev–Trinajstić information content (AvgIpc) is 3.15. The van der Waals surface area contributed by atoms with Crippen molar-refractivity contribution in [3.8, 4) is 17.3 Å². The van der Waals surface area contributed by atoms with Gasteiger partial charge < -0.3 is 9.63 Å². The quantitative estimate of drug-likeness (QED) is 0.769. The summed E-state index contributed by atoms with van der Waals surface area (Å²) in [4.78, 5) is 19.7. The van der Waals surface area contributed by atoms with Gasteiger partial charge in [0.1, 0.15) is 5.56 Å². The van der Waals surface area contributed by atoms with E-state index in [0.29, 0.717) is 28.8 Å². The maximum absolute atomic E-state index is 11.1. The van der Waals surface area contributed by atoms with Gasteiger partial charge in [-0.15, -0.1) is 0 Å². The lowest BCUT2D eigenvalue weighted by Gasteiger charge is -2.03. The van der Waals surface area contributed by atoms with Crippen LogP contribution in [0.4, 0.5) is 0 Å². The third kappa shape index (κ3) is 2.83. The Labute approximate surface area is 131 Å². The highest BCUT2D eigenvalue weighted by Crippen LogP contribution is 2.19. The van der Waals surface area contributed by atoms with Crippen molar-refractivity contribution in [2.75, 3.05) is 0 Å². The highest BCUT2D eigenvalue weighted by molar-refractivity contribution is 5.88. The molecule has 0 fully saturated rings. The van der Waals surface area contributed by atoms with Crippen molar-refractivity contribution in [1.29, 1.82) is 0 Å². The van der Waals surface area contributed by atoms with Crippen LogP contribution < -0.4 is 0 Å². The zero-order valence-corrected chi connectivity index (χ0v) is 12.7. The summed E-state index contributed by atoms with van der Waals surface area (Å²) >= 11 is 0. The number of pyridine rings is 1. The first-order valence-electron chi connectivity index (χ1n) is 7.17. The van der Waals surface area contributed by atoms with Crippen LogP contribution in [0.5, 0.6) is 0 Å². The molecule has 3 rings (SSSR count). The fourth-order valence-electron chi connectivity index (χ4n) is 2.18. The molecule has 0 amide bonds. The molecular formula is C15H15N5O3. The maximum Gasteiger partial charge on any atom is 0.339 e. The van der Waals surface area contributed by atoms with Gasteiger partial charge in [0.2, 0.25) is 0 Å². The molecule has 1 N–H and O–H groups in total. The predicted molar refractivity (Wildman–Crippen MR) is 80.3 cm³/mol. The zero-order valence-electron chi connectivity index (χ0n) is 12.7. The lowest BCUT2D eigenvalue weighted by molar-refractivity contribution is 0.0696. The van der Waals surface area contributed by atoms with Crippen molar-refractivity contribution in [1.82, 2.24) is 24.9 Å². The second-order valence-corrected chi connectivity index (χ2v) is 5.03. The molecule has 0 aliphatic rings. The highest BCUT2D eigenvalue weighted by Gasteiger charge is 2.15. The van der Waals surface area contributed by atoms with Crippen LogP contribution in [0.1, 0.15) is 35.2 Å². The number of aromatic nitrogens is 5. The Morgan fingerprint density at radius 1 is 1.35 bits per heavy atom. The van der Waals surface area contributed by atoms with Crippen molar-refractivity contribution in [2.24, 2.45) is 0 Å². The molecular weight excluding hydrogens is 298 g/mol. The summed E-state index contributed by atoms with van der Waals surface area (Å²) in [6.45, 7) is 3.73. The van der Waals surface area contributed by atoms with Crippen molar-refractivity contribution in [3.05, 3.63) is 41.6 Å². The molecule has 0 saturated carbocycles. The first-order chi connectivity index (χ1) is 11.1. The van der Waals surface area contributed by atoms with Gasteiger partial charge in [0.05, 0.1) is 17.5 Å². The van der Waals surface area contributed by atoms with E-state index in [1.807, 2.05) is 6.92 Å². The van der Waals surface area contributed by atoms with Crippen LogP contribution in [0, 0.1) is 6.92 Å². The highest BCUT2D eigenvalue weighted by atomic mass is 16.5. The van der Waals surface area contributed by atoms with Gasteiger partial charge in [0.15, 0.2) is 11.6 Å². The normalized spacial score (nSPS) is 10.9. The number of hydrogen-bond donors (Lipinski definition) is 1. The Hall–Kier alpha value is -3.03. The standard InChI is InChI=1S/C15H15N5O3/c1-3-4-12-18-14(23-19-12)10-5-6-13(16-7-10)20-9(2)11(8-17-20)15(21)22/h5-8H,3-4H2,1-2H3,(H,21,22). The molecule has 0 radical (unpaired) electrons. The average molecular weight is 313 g/mol. The van der Waals surface area contributed by atoms with Crippen LogP contribution in [-0.2, 0) is 6.42 Å². The Kier molecular flexibility index (Phi) is 3.88. The molecule has 3 heterocycles. The van der Waals surface area contributed by atoms with Crippen molar-refractivity contribution in [2.45, 2.75) is 26.7 Å². The van der Waals surface area contributed by atoms with E-state index >= 15 is 0 Å². The number of carbonyl (C=O) groups is 1. The summed E-state index contributed by atoms with van der Waals surface area (Å²) < 4.78 is 6.68. The summed E-state index contributed by atoms with van der Waals surface area (Å²) in [5.74, 6) is 0.586. The Morgan fingerprint density at radius 3 is 2.78 bits per heavy atom. The molecule has 0 aromatic carbocycles. The molecule has 0 saturated heterocycles. The summed E-state index contributed by atoms with van der Waals surface area (Å²) in [7, 11) is 0. The van der Waals surface area contributed by atoms with Gasteiger partial charge in [-0.1, -0.05) is 12.1 Å². The minimum absolute atomic E-state index is 0.150. The van der Waals surface area contributed by atoms with Crippen LogP contribution >= 0.6 is 0 Å². The number of aromatic carboxylic acids is 1. The second kappa shape index (κ2) is 5.99. The Morgan fingerprint density at radius 2 is 2.17 bits per heavy atom. The predicted octanol–water partition coefficient (Wildman–Crippen LogP) is 2.28. The number of nitrogens with zero attached hydrogens (tertiary/aromatic N) is 5. The van der Waals surface area contributed by atoms with E-state index in [0.717, 1.165) is 12.8 Å². The SMILES string of the molecule is CCCc1noc(-c2ccc(-n3ncc(C(=O)O)c3C)nc2)n1. The fraction of sp³-hybridized carbons (Fsp3) is 0.267. The minimum atomic E-state index is -1.01. The van der Waals surface area contributed by atoms with E-state index in [2.05, 4.69) is 20.2 Å². The number of aryl methyl sites for hydroxylation is 1. The molecule has 8 nitrogen and oxygen atoms in total. The first kappa shape index (κ1) is 14.9. The topological polar surface area (TPSA) is 107 Å². The van der Waals surface area contributed by atoms with Crippen molar-refractivity contribution < 1.29 is 14.4 Å². The Balaban J connectivity index is 1.88. The number of hydrogen-bond acceptors (Lipinski definition) is 6. The fourth-order valence-corrected chi connectivity index (χ4v) is 2.18. The second-order valence-electron chi connectivity index (χ2n) is 5.03. The van der Waals surface area contributed by atoms with Gasteiger partial charge >= 0.3 is 5.97 Å². The van der Waals surface area contributed by atoms with Gasteiger partial charge in [0, 0.05) is 12.6 Å². The molecule has 0 bridgehead atoms. The molecule has 0 atom stereocenters. The number of carboxylic acids is 1. The zero-order chi connectivity index (χ0) is 16.4. The third-order valence-corrected chi connectivity index (χ3v) is 3.39. The van der Waals surface area contributed by atoms with E-state index in [4.69, 9.17) is 9.63 Å². The summed E-state index contributed by atoms with van der Waals surface area (Å²) in [6, 6.07) is 3.51. The Bertz CT molecular complexity index is 835. The van der Waals surface area contributed by atoms with E-state index in [1.54, 1.807) is 25.3 Å². The number of rotatable bonds is 5. The lowest BCUT2D eigenvalue weighted by atomic mass is 10.2. The molecule has 3 aromatic heterocycles. The molecule has 0 aliphatic heterocycles. The summed E-state index contributed by atoms with van der Waals surface area (Å²) in [5, 5.41) is 17.0. The molecule has 0 unspecified atom stereocenters. The molecule has 118 valence electrons. The van der Waals surface area contributed by atoms with Crippen molar-refractivity contribution in [3.63, 3.8) is 0 Å².